The van der Waals surface area contributed by atoms with E-state index in [1.165, 1.54) is 9.80 Å². The summed E-state index contributed by atoms with van der Waals surface area (Å²) in [6.07, 6.45) is -4.97. The standard InChI is InChI=1S/C19H21F4N3O5/c1-2-30-16(27)14-10-31-18(29)26(14)11-6-8-25(9-7-11)17(28)24-15-12(19(21,22)23)4-3-5-13(15)20/h3-5,11,14H,2,6-10H2,1H3,(H,24,28)/t14-/m0/s1. The van der Waals surface area contributed by atoms with Gasteiger partial charge in [0.25, 0.3) is 0 Å². The van der Waals surface area contributed by atoms with Crippen molar-refractivity contribution < 1.29 is 41.4 Å². The Hall–Kier alpha value is -3.05. The maximum absolute atomic E-state index is 14.0. The van der Waals surface area contributed by atoms with Crippen molar-refractivity contribution in [3.8, 4) is 0 Å². The van der Waals surface area contributed by atoms with E-state index in [0.717, 1.165) is 12.1 Å². The van der Waals surface area contributed by atoms with Crippen LogP contribution >= 0.6 is 0 Å². The molecule has 0 aromatic heterocycles. The molecule has 0 saturated carbocycles. The van der Waals surface area contributed by atoms with Gasteiger partial charge in [-0.3, -0.25) is 4.90 Å². The minimum atomic E-state index is -4.84. The lowest BCUT2D eigenvalue weighted by molar-refractivity contribution is -0.148. The minimum absolute atomic E-state index is 0.0889. The Morgan fingerprint density at radius 2 is 1.94 bits per heavy atom. The number of nitrogens with one attached hydrogen (secondary N) is 1. The molecular weight excluding hydrogens is 426 g/mol. The number of piperidine rings is 1. The lowest BCUT2D eigenvalue weighted by Crippen LogP contribution is -2.52. The van der Waals surface area contributed by atoms with Gasteiger partial charge in [0.2, 0.25) is 0 Å². The van der Waals surface area contributed by atoms with Gasteiger partial charge in [-0.15, -0.1) is 0 Å². The van der Waals surface area contributed by atoms with Gasteiger partial charge >= 0.3 is 24.3 Å². The Balaban J connectivity index is 1.65. The quantitative estimate of drug-likeness (QED) is 0.566. The van der Waals surface area contributed by atoms with Gasteiger partial charge in [0.05, 0.1) is 17.9 Å². The zero-order valence-electron chi connectivity index (χ0n) is 16.6. The average molecular weight is 447 g/mol. The number of alkyl halides is 3. The number of para-hydroxylation sites is 1. The van der Waals surface area contributed by atoms with E-state index in [9.17, 15) is 31.9 Å². The summed E-state index contributed by atoms with van der Waals surface area (Å²) in [6, 6.07) is 0.234. The summed E-state index contributed by atoms with van der Waals surface area (Å²) >= 11 is 0. The Bertz CT molecular complexity index is 855. The molecule has 0 radical (unpaired) electrons. The van der Waals surface area contributed by atoms with Gasteiger partial charge in [-0.05, 0) is 31.9 Å². The molecule has 2 heterocycles. The second-order valence-corrected chi connectivity index (χ2v) is 7.06. The molecule has 3 rings (SSSR count). The monoisotopic (exact) mass is 447 g/mol. The third-order valence-electron chi connectivity index (χ3n) is 5.17. The molecule has 0 aliphatic carbocycles. The van der Waals surface area contributed by atoms with Gasteiger partial charge in [0, 0.05) is 19.1 Å². The van der Waals surface area contributed by atoms with Crippen LogP contribution in [0.5, 0.6) is 0 Å². The van der Waals surface area contributed by atoms with E-state index in [2.05, 4.69) is 0 Å². The molecule has 1 atom stereocenters. The molecule has 1 aromatic carbocycles. The van der Waals surface area contributed by atoms with Crippen LogP contribution in [0.4, 0.5) is 32.8 Å². The minimum Gasteiger partial charge on any atom is -0.464 e. The fraction of sp³-hybridized carbons (Fsp3) is 0.526. The van der Waals surface area contributed by atoms with Crippen LogP contribution in [-0.4, -0.2) is 66.3 Å². The van der Waals surface area contributed by atoms with Crippen molar-refractivity contribution in [2.45, 2.75) is 38.0 Å². The summed E-state index contributed by atoms with van der Waals surface area (Å²) in [5, 5.41) is 2.00. The topological polar surface area (TPSA) is 88.2 Å². The van der Waals surface area contributed by atoms with Crippen molar-refractivity contribution in [3.05, 3.63) is 29.6 Å². The molecule has 8 nitrogen and oxygen atoms in total. The Morgan fingerprint density at radius 1 is 1.26 bits per heavy atom. The molecule has 2 fully saturated rings. The first-order valence-corrected chi connectivity index (χ1v) is 9.66. The fourth-order valence-corrected chi connectivity index (χ4v) is 3.68. The zero-order valence-corrected chi connectivity index (χ0v) is 16.6. The molecule has 1 N–H and O–H groups in total. The highest BCUT2D eigenvalue weighted by molar-refractivity contribution is 5.90. The fourth-order valence-electron chi connectivity index (χ4n) is 3.68. The van der Waals surface area contributed by atoms with E-state index < -0.39 is 53.4 Å². The predicted molar refractivity (Wildman–Crippen MR) is 98.6 cm³/mol. The van der Waals surface area contributed by atoms with E-state index in [4.69, 9.17) is 9.47 Å². The number of nitrogens with zero attached hydrogens (tertiary/aromatic N) is 2. The molecule has 0 spiro atoms. The number of urea groups is 1. The van der Waals surface area contributed by atoms with Crippen LogP contribution in [0.3, 0.4) is 0 Å². The first-order valence-electron chi connectivity index (χ1n) is 9.66. The van der Waals surface area contributed by atoms with Crippen LogP contribution in [0.25, 0.3) is 0 Å². The van der Waals surface area contributed by atoms with Gasteiger partial charge < -0.3 is 19.7 Å². The largest absolute Gasteiger partial charge is 0.464 e. The maximum atomic E-state index is 14.0. The lowest BCUT2D eigenvalue weighted by atomic mass is 10.0. The normalized spacial score (nSPS) is 19.9. The SMILES string of the molecule is CCOC(=O)[C@@H]1COC(=O)N1C1CCN(C(=O)Nc2c(F)cccc2C(F)(F)F)CC1. The Kier molecular flexibility index (Phi) is 6.56. The molecule has 1 aromatic rings. The van der Waals surface area contributed by atoms with Crippen molar-refractivity contribution >= 4 is 23.8 Å². The molecular formula is C19H21F4N3O5. The number of ether oxygens (including phenoxy) is 2. The number of hydrogen-bond donors (Lipinski definition) is 1. The molecule has 0 bridgehead atoms. The molecule has 0 unspecified atom stereocenters. The number of hydrogen-bond acceptors (Lipinski definition) is 5. The molecule has 2 aliphatic heterocycles. The van der Waals surface area contributed by atoms with Crippen molar-refractivity contribution in [1.29, 1.82) is 0 Å². The molecule has 170 valence electrons. The van der Waals surface area contributed by atoms with Crippen LogP contribution < -0.4 is 5.32 Å². The number of amides is 3. The van der Waals surface area contributed by atoms with E-state index in [1.54, 1.807) is 6.92 Å². The first-order chi connectivity index (χ1) is 14.6. The van der Waals surface area contributed by atoms with Crippen molar-refractivity contribution in [2.75, 3.05) is 31.6 Å². The number of anilines is 1. The highest BCUT2D eigenvalue weighted by Crippen LogP contribution is 2.36. The highest BCUT2D eigenvalue weighted by Gasteiger charge is 2.44. The van der Waals surface area contributed by atoms with E-state index in [-0.39, 0.29) is 39.1 Å². The number of carbonyl (C=O) groups is 3. The second-order valence-electron chi connectivity index (χ2n) is 7.06. The van der Waals surface area contributed by atoms with Crippen molar-refractivity contribution in [2.24, 2.45) is 0 Å². The number of likely N-dealkylation sites (tertiary alicyclic amines) is 1. The van der Waals surface area contributed by atoms with Crippen molar-refractivity contribution in [1.82, 2.24) is 9.80 Å². The number of halogens is 4. The van der Waals surface area contributed by atoms with Crippen LogP contribution in [0.2, 0.25) is 0 Å². The molecule has 2 aliphatic rings. The summed E-state index contributed by atoms with van der Waals surface area (Å²) < 4.78 is 63.2. The van der Waals surface area contributed by atoms with Gasteiger partial charge in [-0.1, -0.05) is 6.07 Å². The van der Waals surface area contributed by atoms with Gasteiger partial charge in [-0.25, -0.2) is 18.8 Å². The van der Waals surface area contributed by atoms with Crippen LogP contribution in [0.15, 0.2) is 18.2 Å². The Morgan fingerprint density at radius 3 is 2.55 bits per heavy atom. The number of rotatable bonds is 4. The van der Waals surface area contributed by atoms with E-state index >= 15 is 0 Å². The van der Waals surface area contributed by atoms with Gasteiger partial charge in [0.1, 0.15) is 12.4 Å². The highest BCUT2D eigenvalue weighted by atomic mass is 19.4. The van der Waals surface area contributed by atoms with Gasteiger partial charge in [0.15, 0.2) is 6.04 Å². The number of cyclic esters (lactones) is 1. The van der Waals surface area contributed by atoms with Crippen LogP contribution in [0.1, 0.15) is 25.3 Å². The Labute approximate surface area is 175 Å². The first kappa shape index (κ1) is 22.6. The summed E-state index contributed by atoms with van der Waals surface area (Å²) in [5.74, 6) is -1.79. The van der Waals surface area contributed by atoms with Crippen LogP contribution in [0, 0.1) is 5.82 Å². The summed E-state index contributed by atoms with van der Waals surface area (Å²) in [6.45, 7) is 1.83. The third kappa shape index (κ3) is 4.83. The summed E-state index contributed by atoms with van der Waals surface area (Å²) in [5.41, 5.74) is -2.22. The average Bonchev–Trinajstić information content (AvgIpc) is 3.10. The van der Waals surface area contributed by atoms with E-state index in [1.807, 2.05) is 5.32 Å². The zero-order chi connectivity index (χ0) is 22.8. The number of carbonyl (C=O) groups excluding carboxylic acids is 3. The smallest absolute Gasteiger partial charge is 0.418 e. The molecule has 2 saturated heterocycles. The van der Waals surface area contributed by atoms with Gasteiger partial charge in [-0.2, -0.15) is 13.2 Å². The lowest BCUT2D eigenvalue weighted by Gasteiger charge is -2.37. The maximum Gasteiger partial charge on any atom is 0.418 e. The van der Waals surface area contributed by atoms with Crippen molar-refractivity contribution in [3.63, 3.8) is 0 Å². The third-order valence-corrected chi connectivity index (χ3v) is 5.17. The number of esters is 1. The predicted octanol–water partition coefficient (Wildman–Crippen LogP) is 3.22. The molecule has 3 amide bonds. The summed E-state index contributed by atoms with van der Waals surface area (Å²) in [7, 11) is 0. The number of benzene rings is 1. The molecule has 31 heavy (non-hydrogen) atoms. The summed E-state index contributed by atoms with van der Waals surface area (Å²) in [4.78, 5) is 39.1. The molecule has 12 heteroatoms. The van der Waals surface area contributed by atoms with E-state index in [0.29, 0.717) is 6.07 Å². The van der Waals surface area contributed by atoms with Crippen LogP contribution in [-0.2, 0) is 20.4 Å². The second kappa shape index (κ2) is 8.98.